The number of aryl methyl sites for hydroxylation is 2. The number of nitrogens with zero attached hydrogens (tertiary/aromatic N) is 4. The molecule has 2 aromatic rings. The molecule has 0 bridgehead atoms. The fraction of sp³-hybridized carbons (Fsp3) is 0.500. The van der Waals surface area contributed by atoms with Gasteiger partial charge in [0.2, 0.25) is 0 Å². The highest BCUT2D eigenvalue weighted by molar-refractivity contribution is 6.40. The Bertz CT molecular complexity index is 910. The van der Waals surface area contributed by atoms with Crippen LogP contribution in [0.3, 0.4) is 0 Å². The number of fused-ring (bicyclic) bond motifs is 1. The molecule has 1 N–H and O–H groups in total. The minimum absolute atomic E-state index is 0.196. The number of likely N-dealkylation sites (tertiary alicyclic amines) is 1. The Balaban J connectivity index is 1.53. The predicted molar refractivity (Wildman–Crippen MR) is 106 cm³/mol. The van der Waals surface area contributed by atoms with E-state index in [4.69, 9.17) is 11.6 Å². The van der Waals surface area contributed by atoms with Gasteiger partial charge in [0.15, 0.2) is 5.82 Å². The van der Waals surface area contributed by atoms with E-state index in [2.05, 4.69) is 20.1 Å². The third-order valence-corrected chi connectivity index (χ3v) is 5.83. The molecule has 1 atom stereocenters. The van der Waals surface area contributed by atoms with Crippen molar-refractivity contribution in [3.63, 3.8) is 0 Å². The van der Waals surface area contributed by atoms with Gasteiger partial charge in [-0.15, -0.1) is 10.2 Å². The number of rotatable bonds is 2. The van der Waals surface area contributed by atoms with Gasteiger partial charge in [-0.3, -0.25) is 9.59 Å². The molecule has 7 nitrogen and oxygen atoms in total. The lowest BCUT2D eigenvalue weighted by molar-refractivity contribution is -0.143. The summed E-state index contributed by atoms with van der Waals surface area (Å²) in [7, 11) is 0. The molecular formula is C20H24ClN5O2. The van der Waals surface area contributed by atoms with Crippen molar-refractivity contribution >= 4 is 29.1 Å². The van der Waals surface area contributed by atoms with Crippen molar-refractivity contribution < 1.29 is 9.59 Å². The van der Waals surface area contributed by atoms with Crippen LogP contribution in [0, 0.1) is 6.92 Å². The molecule has 8 heteroatoms. The SMILES string of the molecule is Cc1ccc(Cl)cc1NC(=O)C(=O)N1CCC[C@H]1c1nnc2n1CCCCC2. The molecule has 0 unspecified atom stereocenters. The van der Waals surface area contributed by atoms with Crippen molar-refractivity contribution in [1.29, 1.82) is 0 Å². The van der Waals surface area contributed by atoms with Crippen LogP contribution < -0.4 is 5.32 Å². The van der Waals surface area contributed by atoms with Gasteiger partial charge in [-0.1, -0.05) is 24.1 Å². The third kappa shape index (κ3) is 3.63. The number of halogens is 1. The zero-order chi connectivity index (χ0) is 19.7. The van der Waals surface area contributed by atoms with Crippen molar-refractivity contribution in [3.8, 4) is 0 Å². The second-order valence-electron chi connectivity index (χ2n) is 7.51. The fourth-order valence-electron chi connectivity index (χ4n) is 4.07. The number of benzene rings is 1. The van der Waals surface area contributed by atoms with E-state index >= 15 is 0 Å². The Labute approximate surface area is 169 Å². The van der Waals surface area contributed by atoms with Crippen molar-refractivity contribution in [1.82, 2.24) is 19.7 Å². The molecule has 0 aliphatic carbocycles. The summed E-state index contributed by atoms with van der Waals surface area (Å²) in [6.45, 7) is 3.29. The topological polar surface area (TPSA) is 80.1 Å². The predicted octanol–water partition coefficient (Wildman–Crippen LogP) is 3.27. The summed E-state index contributed by atoms with van der Waals surface area (Å²) in [5.74, 6) is 0.626. The van der Waals surface area contributed by atoms with E-state index in [0.29, 0.717) is 17.3 Å². The van der Waals surface area contributed by atoms with Gasteiger partial charge in [-0.25, -0.2) is 0 Å². The molecule has 2 amide bonds. The van der Waals surface area contributed by atoms with Gasteiger partial charge in [0.1, 0.15) is 5.82 Å². The highest BCUT2D eigenvalue weighted by atomic mass is 35.5. The highest BCUT2D eigenvalue weighted by Gasteiger charge is 2.37. The molecule has 1 aromatic heterocycles. The van der Waals surface area contributed by atoms with Crippen LogP contribution in [0.4, 0.5) is 5.69 Å². The Morgan fingerprint density at radius 2 is 2.00 bits per heavy atom. The second kappa shape index (κ2) is 7.91. The fourth-order valence-corrected chi connectivity index (χ4v) is 4.24. The van der Waals surface area contributed by atoms with Crippen molar-refractivity contribution in [2.75, 3.05) is 11.9 Å². The number of carbonyl (C=O) groups excluding carboxylic acids is 2. The minimum Gasteiger partial charge on any atom is -0.324 e. The summed E-state index contributed by atoms with van der Waals surface area (Å²) in [4.78, 5) is 27.2. The minimum atomic E-state index is -0.645. The monoisotopic (exact) mass is 401 g/mol. The number of hydrogen-bond acceptors (Lipinski definition) is 4. The Kier molecular flexibility index (Phi) is 5.35. The van der Waals surface area contributed by atoms with Crippen LogP contribution >= 0.6 is 11.6 Å². The molecule has 1 saturated heterocycles. The van der Waals surface area contributed by atoms with Crippen LogP contribution in [0.25, 0.3) is 0 Å². The number of nitrogens with one attached hydrogen (secondary N) is 1. The zero-order valence-corrected chi connectivity index (χ0v) is 16.7. The summed E-state index contributed by atoms with van der Waals surface area (Å²) in [6, 6.07) is 5.02. The Hall–Kier alpha value is -2.41. The van der Waals surface area contributed by atoms with Gasteiger partial charge in [-0.2, -0.15) is 0 Å². The van der Waals surface area contributed by atoms with Gasteiger partial charge in [0, 0.05) is 30.2 Å². The van der Waals surface area contributed by atoms with Crippen LogP contribution in [-0.4, -0.2) is 38.0 Å². The van der Waals surface area contributed by atoms with E-state index in [9.17, 15) is 9.59 Å². The van der Waals surface area contributed by atoms with E-state index in [1.165, 1.54) is 6.42 Å². The van der Waals surface area contributed by atoms with Crippen LogP contribution in [0.5, 0.6) is 0 Å². The maximum absolute atomic E-state index is 12.9. The lowest BCUT2D eigenvalue weighted by Gasteiger charge is -2.24. The molecule has 2 aliphatic rings. The zero-order valence-electron chi connectivity index (χ0n) is 15.9. The summed E-state index contributed by atoms with van der Waals surface area (Å²) in [6.07, 6.45) is 5.95. The maximum atomic E-state index is 12.9. The Morgan fingerprint density at radius 1 is 1.14 bits per heavy atom. The average Bonchev–Trinajstić information content (AvgIpc) is 3.24. The molecule has 2 aliphatic heterocycles. The third-order valence-electron chi connectivity index (χ3n) is 5.59. The first-order chi connectivity index (χ1) is 13.5. The van der Waals surface area contributed by atoms with Crippen LogP contribution in [-0.2, 0) is 22.6 Å². The van der Waals surface area contributed by atoms with Gasteiger partial charge < -0.3 is 14.8 Å². The number of amides is 2. The first kappa shape index (κ1) is 18.9. The normalized spacial score (nSPS) is 19.2. The Morgan fingerprint density at radius 3 is 2.86 bits per heavy atom. The number of anilines is 1. The summed E-state index contributed by atoms with van der Waals surface area (Å²) in [5.41, 5.74) is 1.41. The van der Waals surface area contributed by atoms with Gasteiger partial charge >= 0.3 is 11.8 Å². The molecular weight excluding hydrogens is 378 g/mol. The molecule has 0 radical (unpaired) electrons. The molecule has 0 spiro atoms. The van der Waals surface area contributed by atoms with E-state index in [0.717, 1.165) is 55.9 Å². The molecule has 28 heavy (non-hydrogen) atoms. The van der Waals surface area contributed by atoms with Crippen LogP contribution in [0.15, 0.2) is 18.2 Å². The quantitative estimate of drug-likeness (QED) is 0.783. The highest BCUT2D eigenvalue weighted by Crippen LogP contribution is 2.32. The number of hydrogen-bond donors (Lipinski definition) is 1. The number of aromatic nitrogens is 3. The molecule has 0 saturated carbocycles. The van der Waals surface area contributed by atoms with Crippen LogP contribution in [0.1, 0.15) is 55.4 Å². The van der Waals surface area contributed by atoms with Crippen LogP contribution in [0.2, 0.25) is 5.02 Å². The van der Waals surface area contributed by atoms with E-state index in [1.54, 1.807) is 17.0 Å². The molecule has 4 rings (SSSR count). The first-order valence-corrected chi connectivity index (χ1v) is 10.2. The molecule has 148 valence electrons. The standard InChI is InChI=1S/C20H24ClN5O2/c1-13-8-9-14(21)12-15(13)22-19(27)20(28)25-11-5-6-16(25)18-24-23-17-7-3-2-4-10-26(17)18/h8-9,12,16H,2-7,10-11H2,1H3,(H,22,27)/t16-/m0/s1. The largest absolute Gasteiger partial charge is 0.324 e. The average molecular weight is 402 g/mol. The summed E-state index contributed by atoms with van der Waals surface area (Å²) >= 11 is 6.01. The smallest absolute Gasteiger partial charge is 0.313 e. The number of carbonyl (C=O) groups is 2. The van der Waals surface area contributed by atoms with Gasteiger partial charge in [0.05, 0.1) is 6.04 Å². The summed E-state index contributed by atoms with van der Waals surface area (Å²) in [5, 5.41) is 12.0. The first-order valence-electron chi connectivity index (χ1n) is 9.84. The van der Waals surface area contributed by atoms with E-state index in [-0.39, 0.29) is 6.04 Å². The maximum Gasteiger partial charge on any atom is 0.313 e. The lowest BCUT2D eigenvalue weighted by atomic mass is 10.2. The van der Waals surface area contributed by atoms with Gasteiger partial charge in [-0.05, 0) is 50.3 Å². The summed E-state index contributed by atoms with van der Waals surface area (Å²) < 4.78 is 2.16. The lowest BCUT2D eigenvalue weighted by Crippen LogP contribution is -2.40. The van der Waals surface area contributed by atoms with E-state index < -0.39 is 11.8 Å². The van der Waals surface area contributed by atoms with Crippen molar-refractivity contribution in [2.45, 2.75) is 58.0 Å². The van der Waals surface area contributed by atoms with E-state index in [1.807, 2.05) is 13.0 Å². The molecule has 1 aromatic carbocycles. The molecule has 3 heterocycles. The van der Waals surface area contributed by atoms with Crippen molar-refractivity contribution in [3.05, 3.63) is 40.4 Å². The second-order valence-corrected chi connectivity index (χ2v) is 7.94. The van der Waals surface area contributed by atoms with Crippen molar-refractivity contribution in [2.24, 2.45) is 0 Å². The molecule has 1 fully saturated rings. The van der Waals surface area contributed by atoms with Gasteiger partial charge in [0.25, 0.3) is 0 Å².